The first-order chi connectivity index (χ1) is 25.8. The van der Waals surface area contributed by atoms with Crippen LogP contribution in [0.3, 0.4) is 0 Å². The molecule has 0 aromatic heterocycles. The van der Waals surface area contributed by atoms with Gasteiger partial charge in [0.1, 0.15) is 0 Å². The van der Waals surface area contributed by atoms with Crippen LogP contribution >= 0.6 is 0 Å². The van der Waals surface area contributed by atoms with Gasteiger partial charge in [0, 0.05) is 48.3 Å². The summed E-state index contributed by atoms with van der Waals surface area (Å²) < 4.78 is 27.8. The summed E-state index contributed by atoms with van der Waals surface area (Å²) in [5.74, 6) is -3.40. The van der Waals surface area contributed by atoms with Crippen LogP contribution in [0.25, 0.3) is 11.1 Å². The number of fused-ring (bicyclic) bond motifs is 1. The Morgan fingerprint density at radius 2 is 1.22 bits per heavy atom. The van der Waals surface area contributed by atoms with E-state index in [1.165, 1.54) is 58.8 Å². The average molecular weight is 751 g/mol. The second kappa shape index (κ2) is 15.1. The molecular weight excluding hydrogens is 704 g/mol. The van der Waals surface area contributed by atoms with E-state index in [9.17, 15) is 46.0 Å². The molecule has 0 spiro atoms. The van der Waals surface area contributed by atoms with Gasteiger partial charge < -0.3 is 69.6 Å². The molecule has 1 aliphatic heterocycles. The molecule has 0 unspecified atom stereocenters. The number of aliphatic hydroxyl groups excluding tert-OH is 3. The summed E-state index contributed by atoms with van der Waals surface area (Å²) in [6, 6.07) is 13.8. The molecule has 0 bridgehead atoms. The van der Waals surface area contributed by atoms with Gasteiger partial charge in [0.25, 0.3) is 0 Å². The number of aromatic hydroxyl groups is 4. The van der Waals surface area contributed by atoms with E-state index >= 15 is 0 Å². The minimum atomic E-state index is -1.80. The van der Waals surface area contributed by atoms with Crippen molar-refractivity contribution in [3.63, 3.8) is 0 Å². The first-order valence-corrected chi connectivity index (χ1v) is 17.3. The van der Waals surface area contributed by atoms with Crippen LogP contribution in [-0.2, 0) is 17.6 Å². The van der Waals surface area contributed by atoms with E-state index in [-0.39, 0.29) is 76.6 Å². The van der Waals surface area contributed by atoms with Crippen LogP contribution in [0.4, 0.5) is 0 Å². The van der Waals surface area contributed by atoms with Gasteiger partial charge in [-0.2, -0.15) is 0 Å². The molecule has 1 saturated heterocycles. The quantitative estimate of drug-likeness (QED) is 0.102. The van der Waals surface area contributed by atoms with Crippen molar-refractivity contribution in [1.29, 1.82) is 0 Å². The van der Waals surface area contributed by atoms with Gasteiger partial charge in [-0.25, -0.2) is 0 Å². The van der Waals surface area contributed by atoms with Crippen LogP contribution in [0.2, 0.25) is 0 Å². The summed E-state index contributed by atoms with van der Waals surface area (Å²) in [5, 5.41) is 99.3. The number of benzene rings is 4. The third-order valence-corrected chi connectivity index (χ3v) is 11.0. The molecule has 0 amide bonds. The van der Waals surface area contributed by atoms with Crippen molar-refractivity contribution in [2.45, 2.75) is 36.1 Å². The monoisotopic (exact) mass is 750 g/mol. The molecule has 0 saturated carbocycles. The predicted octanol–water partition coefficient (Wildman–Crippen LogP) is 2.88. The van der Waals surface area contributed by atoms with Gasteiger partial charge >= 0.3 is 0 Å². The van der Waals surface area contributed by atoms with E-state index < -0.39 is 54.9 Å². The molecule has 2 aliphatic rings. The molecule has 6 rings (SSSR count). The smallest absolute Gasteiger partial charge is 0.165 e. The second-order valence-corrected chi connectivity index (χ2v) is 14.0. The third kappa shape index (κ3) is 6.59. The van der Waals surface area contributed by atoms with Crippen molar-refractivity contribution in [3.05, 3.63) is 82.4 Å². The predicted molar refractivity (Wildman–Crippen MR) is 194 cm³/mol. The molecule has 1 heterocycles. The number of hydrogen-bond acceptors (Lipinski definition) is 14. The van der Waals surface area contributed by atoms with E-state index in [0.717, 1.165) is 0 Å². The van der Waals surface area contributed by atoms with E-state index in [1.807, 2.05) is 0 Å². The Balaban J connectivity index is 1.48. The highest BCUT2D eigenvalue weighted by Gasteiger charge is 2.50. The number of phenols is 4. The van der Waals surface area contributed by atoms with Crippen LogP contribution in [0, 0.1) is 11.8 Å². The zero-order chi connectivity index (χ0) is 39.1. The number of phenolic OH excluding ortho intramolecular Hbond substituents is 4. The molecule has 1 aliphatic carbocycles. The van der Waals surface area contributed by atoms with Crippen molar-refractivity contribution in [2.75, 3.05) is 54.9 Å². The fraction of sp³-hybridized carbons (Fsp3) is 0.400. The summed E-state index contributed by atoms with van der Waals surface area (Å²) >= 11 is 0. The average Bonchev–Trinajstić information content (AvgIpc) is 3.50. The minimum absolute atomic E-state index is 0.00631. The van der Waals surface area contributed by atoms with E-state index in [0.29, 0.717) is 27.8 Å². The van der Waals surface area contributed by atoms with Crippen molar-refractivity contribution >= 4 is 0 Å². The van der Waals surface area contributed by atoms with E-state index in [4.69, 9.17) is 23.7 Å². The zero-order valence-electron chi connectivity index (χ0n) is 30.3. The molecule has 290 valence electrons. The van der Waals surface area contributed by atoms with Crippen molar-refractivity contribution in [1.82, 2.24) is 0 Å². The number of methoxy groups -OCH3 is 4. The molecule has 6 atom stereocenters. The SMILES string of the molecule is COc1cc(C[C@@]2(O)CO[C@@H](c3cc(OC)c(O)c(-c4cc([C@H]5c6cc(O)c(OC)cc6C[C@@](O)(CO)[C@@H]5CO)cc(OC)c4O)c3)[C@H]2CO)ccc1O. The van der Waals surface area contributed by atoms with Gasteiger partial charge in [0.05, 0.1) is 65.6 Å². The molecule has 14 heteroatoms. The Labute approximate surface area is 311 Å². The fourth-order valence-corrected chi connectivity index (χ4v) is 8.11. The summed E-state index contributed by atoms with van der Waals surface area (Å²) in [4.78, 5) is 0. The number of rotatable bonds is 12. The topological polar surface area (TPSA) is 228 Å². The highest BCUT2D eigenvalue weighted by molar-refractivity contribution is 5.81. The van der Waals surface area contributed by atoms with Crippen LogP contribution in [0.1, 0.15) is 39.8 Å². The summed E-state index contributed by atoms with van der Waals surface area (Å²) in [6.07, 6.45) is -0.926. The Kier molecular flexibility index (Phi) is 10.8. The summed E-state index contributed by atoms with van der Waals surface area (Å²) in [5.41, 5.74) is -0.770. The fourth-order valence-electron chi connectivity index (χ4n) is 8.11. The lowest BCUT2D eigenvalue weighted by atomic mass is 9.64. The Bertz CT molecular complexity index is 2020. The zero-order valence-corrected chi connectivity index (χ0v) is 30.3. The summed E-state index contributed by atoms with van der Waals surface area (Å²) in [7, 11) is 5.47. The second-order valence-electron chi connectivity index (χ2n) is 14.0. The Morgan fingerprint density at radius 1 is 0.648 bits per heavy atom. The largest absolute Gasteiger partial charge is 0.504 e. The normalized spacial score (nSPS) is 24.9. The molecule has 1 fully saturated rings. The molecular formula is C40H46O14. The Hall–Kier alpha value is -4.96. The third-order valence-electron chi connectivity index (χ3n) is 11.0. The minimum Gasteiger partial charge on any atom is -0.504 e. The van der Waals surface area contributed by atoms with Crippen molar-refractivity contribution < 1.29 is 69.6 Å². The maximum atomic E-state index is 11.9. The highest BCUT2D eigenvalue weighted by Crippen LogP contribution is 2.53. The van der Waals surface area contributed by atoms with Crippen LogP contribution in [-0.4, -0.2) is 112 Å². The summed E-state index contributed by atoms with van der Waals surface area (Å²) in [6.45, 7) is -1.92. The molecule has 54 heavy (non-hydrogen) atoms. The number of aliphatic hydroxyl groups is 5. The first-order valence-electron chi connectivity index (χ1n) is 17.3. The lowest BCUT2D eigenvalue weighted by molar-refractivity contribution is -0.0875. The maximum absolute atomic E-state index is 11.9. The van der Waals surface area contributed by atoms with Crippen molar-refractivity contribution in [2.24, 2.45) is 11.8 Å². The maximum Gasteiger partial charge on any atom is 0.165 e. The van der Waals surface area contributed by atoms with Gasteiger partial charge in [-0.3, -0.25) is 0 Å². The van der Waals surface area contributed by atoms with Crippen molar-refractivity contribution in [3.8, 4) is 57.1 Å². The molecule has 0 radical (unpaired) electrons. The molecule has 14 nitrogen and oxygen atoms in total. The van der Waals surface area contributed by atoms with Crippen LogP contribution < -0.4 is 18.9 Å². The van der Waals surface area contributed by atoms with Gasteiger partial charge in [0.2, 0.25) is 0 Å². The molecule has 9 N–H and O–H groups in total. The number of ether oxygens (including phenoxy) is 5. The Morgan fingerprint density at radius 3 is 1.80 bits per heavy atom. The van der Waals surface area contributed by atoms with Gasteiger partial charge in [-0.1, -0.05) is 6.07 Å². The first kappa shape index (κ1) is 38.8. The molecule has 4 aromatic rings. The standard InChI is InChI=1S/C40H46O14/c1-50-31-7-20(5-6-29(31)44)14-40(49)19-54-38(28(40)17-42)22-9-26(37(47)34(11-22)53-4)25-8-21(10-33(52-3)36(25)46)35-24-13-30(45)32(51-2)12-23(24)15-39(48,18-43)27(35)16-41/h5-13,27-28,35,38,41-49H,14-19H2,1-4H3/t27-,28-,35+,38+,39-,40-/m1/s1. The lowest BCUT2D eigenvalue weighted by Gasteiger charge is -2.44. The highest BCUT2D eigenvalue weighted by atomic mass is 16.5. The van der Waals surface area contributed by atoms with Crippen LogP contribution in [0.5, 0.6) is 46.0 Å². The van der Waals surface area contributed by atoms with Gasteiger partial charge in [-0.05, 0) is 76.3 Å². The van der Waals surface area contributed by atoms with Gasteiger partial charge in [0.15, 0.2) is 46.0 Å². The van der Waals surface area contributed by atoms with E-state index in [2.05, 4.69) is 0 Å². The molecule has 4 aromatic carbocycles. The number of hydrogen-bond donors (Lipinski definition) is 9. The van der Waals surface area contributed by atoms with Gasteiger partial charge in [-0.15, -0.1) is 0 Å². The lowest BCUT2D eigenvalue weighted by Crippen LogP contribution is -2.51. The van der Waals surface area contributed by atoms with Crippen LogP contribution in [0.15, 0.2) is 54.6 Å². The van der Waals surface area contributed by atoms with E-state index in [1.54, 1.807) is 24.3 Å².